The highest BCUT2D eigenvalue weighted by molar-refractivity contribution is 6.43. The number of ether oxygens (including phenoxy) is 1. The summed E-state index contributed by atoms with van der Waals surface area (Å²) in [7, 11) is 1.32. The van der Waals surface area contributed by atoms with E-state index in [1.165, 1.54) is 7.11 Å². The number of hydrogen-bond acceptors (Lipinski definition) is 3. The summed E-state index contributed by atoms with van der Waals surface area (Å²) >= 11 is 12.7. The van der Waals surface area contributed by atoms with Crippen molar-refractivity contribution in [1.82, 2.24) is 9.47 Å². The third-order valence-corrected chi connectivity index (χ3v) is 6.20. The molecule has 1 aromatic heterocycles. The predicted octanol–water partition coefficient (Wildman–Crippen LogP) is 5.73. The molecule has 7 heteroatoms. The van der Waals surface area contributed by atoms with Gasteiger partial charge in [-0.05, 0) is 56.5 Å². The highest BCUT2D eigenvalue weighted by atomic mass is 35.5. The summed E-state index contributed by atoms with van der Waals surface area (Å²) in [6.07, 6.45) is 1.76. The average Bonchev–Trinajstić information content (AvgIpc) is 3.11. The van der Waals surface area contributed by atoms with Crippen molar-refractivity contribution in [3.8, 4) is 5.69 Å². The molecule has 1 amide bonds. The van der Waals surface area contributed by atoms with Gasteiger partial charge in [0.15, 0.2) is 0 Å². The van der Waals surface area contributed by atoms with Gasteiger partial charge in [0.1, 0.15) is 0 Å². The zero-order valence-corrected chi connectivity index (χ0v) is 20.1. The van der Waals surface area contributed by atoms with Gasteiger partial charge in [0.2, 0.25) is 0 Å². The molecule has 5 nitrogen and oxygen atoms in total. The maximum absolute atomic E-state index is 13.2. The highest BCUT2D eigenvalue weighted by Gasteiger charge is 2.37. The van der Waals surface area contributed by atoms with Crippen molar-refractivity contribution in [3.05, 3.63) is 68.1 Å². The number of hydrogen-bond donors (Lipinski definition) is 0. The summed E-state index contributed by atoms with van der Waals surface area (Å²) in [4.78, 5) is 27.4. The van der Waals surface area contributed by atoms with E-state index >= 15 is 0 Å². The smallest absolute Gasteiger partial charge is 0.340 e. The summed E-state index contributed by atoms with van der Waals surface area (Å²) in [6.45, 7) is 10.3. The average molecular weight is 461 g/mol. The SMILES string of the molecule is COC(=O)C1=C(C)N(CC(C)C)C(=O)/C1=C/c1cc(C)n(-c2cccc(Cl)c2Cl)c1C. The number of esters is 1. The molecule has 1 aliphatic heterocycles. The standard InChI is InChI=1S/C24H26Cl2N2O3/c1-13(2)12-27-16(5)21(24(30)31-6)18(23(27)29)11-17-10-14(3)28(15(17)4)20-9-7-8-19(25)22(20)26/h7-11,13H,12H2,1-6H3/b18-11+. The zero-order chi connectivity index (χ0) is 23.0. The quantitative estimate of drug-likeness (QED) is 0.422. The number of carbonyl (C=O) groups excluding carboxylic acids is 2. The molecule has 0 fully saturated rings. The molecule has 2 aromatic rings. The van der Waals surface area contributed by atoms with E-state index in [2.05, 4.69) is 0 Å². The molecule has 0 atom stereocenters. The minimum absolute atomic E-state index is 0.197. The molecule has 0 aliphatic carbocycles. The van der Waals surface area contributed by atoms with Crippen LogP contribution >= 0.6 is 23.2 Å². The lowest BCUT2D eigenvalue weighted by Crippen LogP contribution is -2.28. The summed E-state index contributed by atoms with van der Waals surface area (Å²) in [6, 6.07) is 7.43. The van der Waals surface area contributed by atoms with Crippen LogP contribution < -0.4 is 0 Å². The Morgan fingerprint density at radius 1 is 1.19 bits per heavy atom. The summed E-state index contributed by atoms with van der Waals surface area (Å²) in [5, 5.41) is 0.921. The number of benzene rings is 1. The first-order chi connectivity index (χ1) is 14.6. The van der Waals surface area contributed by atoms with E-state index in [1.807, 2.05) is 50.5 Å². The molecular formula is C24H26Cl2N2O3. The molecule has 3 rings (SSSR count). The van der Waals surface area contributed by atoms with Gasteiger partial charge in [0, 0.05) is 23.6 Å². The molecule has 1 aliphatic rings. The second kappa shape index (κ2) is 8.93. The van der Waals surface area contributed by atoms with Crippen molar-refractivity contribution in [2.75, 3.05) is 13.7 Å². The first-order valence-corrected chi connectivity index (χ1v) is 10.8. The maximum atomic E-state index is 13.2. The lowest BCUT2D eigenvalue weighted by Gasteiger charge is -2.19. The van der Waals surface area contributed by atoms with Crippen LogP contribution in [0.3, 0.4) is 0 Å². The fourth-order valence-electron chi connectivity index (χ4n) is 3.94. The Hall–Kier alpha value is -2.50. The number of aryl methyl sites for hydroxylation is 1. The van der Waals surface area contributed by atoms with Crippen molar-refractivity contribution >= 4 is 41.2 Å². The number of halogens is 2. The first-order valence-electron chi connectivity index (χ1n) is 10.0. The monoisotopic (exact) mass is 460 g/mol. The molecule has 164 valence electrons. The van der Waals surface area contributed by atoms with E-state index in [4.69, 9.17) is 27.9 Å². The summed E-state index contributed by atoms with van der Waals surface area (Å²) in [5.41, 5.74) is 4.64. The third-order valence-electron chi connectivity index (χ3n) is 5.39. The lowest BCUT2D eigenvalue weighted by atomic mass is 10.0. The molecular weight excluding hydrogens is 435 g/mol. The normalized spacial score (nSPS) is 15.6. The van der Waals surface area contributed by atoms with Crippen molar-refractivity contribution < 1.29 is 14.3 Å². The largest absolute Gasteiger partial charge is 0.465 e. The fraction of sp³-hybridized carbons (Fsp3) is 0.333. The molecule has 0 saturated heterocycles. The Bertz CT molecular complexity index is 1130. The van der Waals surface area contributed by atoms with Crippen molar-refractivity contribution in [2.45, 2.75) is 34.6 Å². The molecule has 0 bridgehead atoms. The van der Waals surface area contributed by atoms with Crippen LogP contribution in [0.25, 0.3) is 11.8 Å². The van der Waals surface area contributed by atoms with Gasteiger partial charge in [0.25, 0.3) is 5.91 Å². The maximum Gasteiger partial charge on any atom is 0.340 e. The minimum Gasteiger partial charge on any atom is -0.465 e. The van der Waals surface area contributed by atoms with Gasteiger partial charge in [-0.3, -0.25) is 4.79 Å². The summed E-state index contributed by atoms with van der Waals surface area (Å²) < 4.78 is 6.96. The van der Waals surface area contributed by atoms with Gasteiger partial charge in [-0.1, -0.05) is 43.1 Å². The van der Waals surface area contributed by atoms with Crippen LogP contribution in [-0.2, 0) is 14.3 Å². The minimum atomic E-state index is -0.518. The molecule has 2 heterocycles. The Kier molecular flexibility index (Phi) is 6.68. The van der Waals surface area contributed by atoms with Crippen LogP contribution in [0.1, 0.15) is 37.7 Å². The lowest BCUT2D eigenvalue weighted by molar-refractivity contribution is -0.136. The number of carbonyl (C=O) groups is 2. The molecule has 1 aromatic carbocycles. The Morgan fingerprint density at radius 3 is 2.48 bits per heavy atom. The van der Waals surface area contributed by atoms with Crippen molar-refractivity contribution in [2.24, 2.45) is 5.92 Å². The van der Waals surface area contributed by atoms with E-state index in [9.17, 15) is 9.59 Å². The van der Waals surface area contributed by atoms with Crippen LogP contribution in [0, 0.1) is 19.8 Å². The Labute approximate surface area is 192 Å². The number of aromatic nitrogens is 1. The number of rotatable bonds is 5. The number of methoxy groups -OCH3 is 1. The van der Waals surface area contributed by atoms with Gasteiger partial charge >= 0.3 is 5.97 Å². The predicted molar refractivity (Wildman–Crippen MR) is 125 cm³/mol. The van der Waals surface area contributed by atoms with Crippen LogP contribution in [0.4, 0.5) is 0 Å². The van der Waals surface area contributed by atoms with Gasteiger partial charge < -0.3 is 14.2 Å². The molecule has 0 N–H and O–H groups in total. The number of amides is 1. The van der Waals surface area contributed by atoms with Gasteiger partial charge in [-0.25, -0.2) is 4.79 Å². The highest BCUT2D eigenvalue weighted by Crippen LogP contribution is 2.35. The van der Waals surface area contributed by atoms with Crippen LogP contribution in [0.15, 0.2) is 41.1 Å². The Morgan fingerprint density at radius 2 is 1.87 bits per heavy atom. The molecule has 0 spiro atoms. The van der Waals surface area contributed by atoms with Crippen LogP contribution in [0.5, 0.6) is 0 Å². The molecule has 0 saturated carbocycles. The summed E-state index contributed by atoms with van der Waals surface area (Å²) in [5.74, 6) is -0.459. The topological polar surface area (TPSA) is 51.5 Å². The third kappa shape index (κ3) is 4.17. The van der Waals surface area contributed by atoms with E-state index in [1.54, 1.807) is 24.0 Å². The van der Waals surface area contributed by atoms with E-state index in [0.29, 0.717) is 33.4 Å². The first kappa shape index (κ1) is 23.2. The molecule has 31 heavy (non-hydrogen) atoms. The second-order valence-corrected chi connectivity index (χ2v) is 8.84. The number of allylic oxidation sites excluding steroid dienone is 1. The molecule has 0 radical (unpaired) electrons. The van der Waals surface area contributed by atoms with Crippen LogP contribution in [-0.4, -0.2) is 35.0 Å². The number of nitrogens with zero attached hydrogens (tertiary/aromatic N) is 2. The molecule has 0 unspecified atom stereocenters. The zero-order valence-electron chi connectivity index (χ0n) is 18.5. The van der Waals surface area contributed by atoms with E-state index < -0.39 is 5.97 Å². The second-order valence-electron chi connectivity index (χ2n) is 8.05. The van der Waals surface area contributed by atoms with E-state index in [0.717, 1.165) is 22.6 Å². The van der Waals surface area contributed by atoms with Crippen LogP contribution in [0.2, 0.25) is 10.0 Å². The van der Waals surface area contributed by atoms with Crippen molar-refractivity contribution in [1.29, 1.82) is 0 Å². The van der Waals surface area contributed by atoms with Crippen molar-refractivity contribution in [3.63, 3.8) is 0 Å². The van der Waals surface area contributed by atoms with E-state index in [-0.39, 0.29) is 11.8 Å². The van der Waals surface area contributed by atoms with Gasteiger partial charge in [0.05, 0.1) is 34.0 Å². The fourth-order valence-corrected chi connectivity index (χ4v) is 4.32. The van der Waals surface area contributed by atoms with Gasteiger partial charge in [-0.2, -0.15) is 0 Å². The van der Waals surface area contributed by atoms with Gasteiger partial charge in [-0.15, -0.1) is 0 Å². The Balaban J connectivity index is 2.15.